The molecule has 1 aliphatic rings. The highest BCUT2D eigenvalue weighted by Crippen LogP contribution is 2.40. The molecule has 0 bridgehead atoms. The van der Waals surface area contributed by atoms with Crippen LogP contribution < -0.4 is 5.32 Å². The van der Waals surface area contributed by atoms with Crippen molar-refractivity contribution in [3.8, 4) is 10.4 Å². The lowest BCUT2D eigenvalue weighted by atomic mass is 10.1. The van der Waals surface area contributed by atoms with Gasteiger partial charge in [-0.2, -0.15) is 0 Å². The molecule has 0 amide bonds. The molecule has 1 saturated carbocycles. The van der Waals surface area contributed by atoms with Crippen LogP contribution in [0.4, 0.5) is 0 Å². The Labute approximate surface area is 125 Å². The molecule has 106 valence electrons. The summed E-state index contributed by atoms with van der Waals surface area (Å²) in [5.74, 6) is 0.706. The Bertz CT molecular complexity index is 541. The second-order valence-electron chi connectivity index (χ2n) is 5.46. The fraction of sp³-hybridized carbons (Fsp3) is 0.471. The second-order valence-corrected chi connectivity index (χ2v) is 6.49. The fourth-order valence-corrected chi connectivity index (χ4v) is 4.15. The molecular formula is C17H22N2S. The van der Waals surface area contributed by atoms with E-state index in [0.717, 1.165) is 13.1 Å². The number of benzene rings is 1. The third-order valence-electron chi connectivity index (χ3n) is 4.00. The summed E-state index contributed by atoms with van der Waals surface area (Å²) in [5.41, 5.74) is 2.53. The maximum absolute atomic E-state index is 4.96. The zero-order valence-corrected chi connectivity index (χ0v) is 12.9. The van der Waals surface area contributed by atoms with E-state index in [1.54, 1.807) is 0 Å². The first-order chi connectivity index (χ1) is 9.88. The Hall–Kier alpha value is -1.19. The molecule has 2 aromatic rings. The molecule has 1 N–H and O–H groups in total. The monoisotopic (exact) mass is 286 g/mol. The summed E-state index contributed by atoms with van der Waals surface area (Å²) in [6, 6.07) is 10.7. The van der Waals surface area contributed by atoms with Crippen LogP contribution >= 0.6 is 11.3 Å². The van der Waals surface area contributed by atoms with E-state index < -0.39 is 0 Å². The van der Waals surface area contributed by atoms with Crippen molar-refractivity contribution in [3.05, 3.63) is 41.0 Å². The lowest BCUT2D eigenvalue weighted by Crippen LogP contribution is -2.12. The summed E-state index contributed by atoms with van der Waals surface area (Å²) < 4.78 is 0. The van der Waals surface area contributed by atoms with Crippen LogP contribution in [0.25, 0.3) is 10.4 Å². The minimum atomic E-state index is 0.706. The van der Waals surface area contributed by atoms with Gasteiger partial charge in [0.05, 0.1) is 15.6 Å². The first-order valence-electron chi connectivity index (χ1n) is 7.64. The summed E-state index contributed by atoms with van der Waals surface area (Å²) in [5, 5.41) is 4.78. The topological polar surface area (TPSA) is 24.9 Å². The Balaban J connectivity index is 1.93. The molecule has 1 fully saturated rings. The van der Waals surface area contributed by atoms with E-state index in [-0.39, 0.29) is 0 Å². The van der Waals surface area contributed by atoms with E-state index in [1.807, 2.05) is 11.3 Å². The molecule has 3 heteroatoms. The quantitative estimate of drug-likeness (QED) is 0.870. The van der Waals surface area contributed by atoms with Crippen molar-refractivity contribution in [2.75, 3.05) is 6.54 Å². The van der Waals surface area contributed by atoms with Gasteiger partial charge in [0.1, 0.15) is 0 Å². The van der Waals surface area contributed by atoms with E-state index in [4.69, 9.17) is 4.98 Å². The zero-order chi connectivity index (χ0) is 13.8. The van der Waals surface area contributed by atoms with Gasteiger partial charge in [0.2, 0.25) is 0 Å². The van der Waals surface area contributed by atoms with Crippen LogP contribution in [0.2, 0.25) is 0 Å². The van der Waals surface area contributed by atoms with E-state index in [2.05, 4.69) is 42.6 Å². The average molecular weight is 286 g/mol. The van der Waals surface area contributed by atoms with E-state index in [0.29, 0.717) is 5.92 Å². The number of thiazole rings is 1. The smallest absolute Gasteiger partial charge is 0.0966 e. The molecule has 0 spiro atoms. The van der Waals surface area contributed by atoms with Gasteiger partial charge in [-0.05, 0) is 24.9 Å². The highest BCUT2D eigenvalue weighted by Gasteiger charge is 2.22. The number of hydrogen-bond donors (Lipinski definition) is 1. The summed E-state index contributed by atoms with van der Waals surface area (Å²) in [4.78, 5) is 6.32. The fourth-order valence-electron chi connectivity index (χ4n) is 2.90. The number of nitrogens with zero attached hydrogens (tertiary/aromatic N) is 1. The van der Waals surface area contributed by atoms with Gasteiger partial charge in [0.25, 0.3) is 0 Å². The minimum absolute atomic E-state index is 0.706. The van der Waals surface area contributed by atoms with Crippen LogP contribution in [0.3, 0.4) is 0 Å². The Morgan fingerprint density at radius 2 is 1.95 bits per heavy atom. The van der Waals surface area contributed by atoms with E-state index >= 15 is 0 Å². The number of hydrogen-bond acceptors (Lipinski definition) is 3. The first kappa shape index (κ1) is 13.8. The minimum Gasteiger partial charge on any atom is -0.311 e. The predicted octanol–water partition coefficient (Wildman–Crippen LogP) is 4.58. The van der Waals surface area contributed by atoms with Gasteiger partial charge in [-0.25, -0.2) is 4.98 Å². The summed E-state index contributed by atoms with van der Waals surface area (Å²) in [6.07, 6.45) is 5.38. The third kappa shape index (κ3) is 2.94. The van der Waals surface area contributed by atoms with Crippen LogP contribution in [0.1, 0.15) is 49.2 Å². The van der Waals surface area contributed by atoms with Crippen LogP contribution in [-0.4, -0.2) is 11.5 Å². The van der Waals surface area contributed by atoms with Crippen LogP contribution in [-0.2, 0) is 6.54 Å². The van der Waals surface area contributed by atoms with Crippen molar-refractivity contribution in [2.24, 2.45) is 0 Å². The molecule has 1 aliphatic carbocycles. The predicted molar refractivity (Wildman–Crippen MR) is 86.1 cm³/mol. The van der Waals surface area contributed by atoms with Crippen molar-refractivity contribution < 1.29 is 0 Å². The molecule has 1 aromatic carbocycles. The summed E-state index contributed by atoms with van der Waals surface area (Å²) in [7, 11) is 0. The maximum Gasteiger partial charge on any atom is 0.0966 e. The molecular weight excluding hydrogens is 264 g/mol. The molecule has 1 heterocycles. The Morgan fingerprint density at radius 1 is 1.20 bits per heavy atom. The van der Waals surface area contributed by atoms with Crippen LogP contribution in [0.15, 0.2) is 30.3 Å². The highest BCUT2D eigenvalue weighted by atomic mass is 32.1. The van der Waals surface area contributed by atoms with Gasteiger partial charge in [-0.3, -0.25) is 0 Å². The lowest BCUT2D eigenvalue weighted by Gasteiger charge is -2.03. The van der Waals surface area contributed by atoms with Crippen LogP contribution in [0, 0.1) is 0 Å². The van der Waals surface area contributed by atoms with Gasteiger partial charge >= 0.3 is 0 Å². The molecule has 3 rings (SSSR count). The van der Waals surface area contributed by atoms with Gasteiger partial charge in [-0.1, -0.05) is 50.1 Å². The molecule has 0 unspecified atom stereocenters. The standard InChI is InChI=1S/C17H22N2S/c1-2-18-12-15-16(13-8-4-3-5-9-13)20-17(19-15)14-10-6-7-11-14/h3-5,8-9,14,18H,2,6-7,10-12H2,1H3. The van der Waals surface area contributed by atoms with Gasteiger partial charge in [-0.15, -0.1) is 11.3 Å². The van der Waals surface area contributed by atoms with Gasteiger partial charge in [0.15, 0.2) is 0 Å². The van der Waals surface area contributed by atoms with E-state index in [9.17, 15) is 0 Å². The zero-order valence-electron chi connectivity index (χ0n) is 12.1. The van der Waals surface area contributed by atoms with E-state index in [1.165, 1.54) is 46.8 Å². The average Bonchev–Trinajstić information content (AvgIpc) is 3.15. The first-order valence-corrected chi connectivity index (χ1v) is 8.46. The van der Waals surface area contributed by atoms with Crippen molar-refractivity contribution in [1.29, 1.82) is 0 Å². The molecule has 0 aliphatic heterocycles. The molecule has 0 saturated heterocycles. The third-order valence-corrected chi connectivity index (χ3v) is 5.31. The molecule has 0 atom stereocenters. The van der Waals surface area contributed by atoms with Gasteiger partial charge < -0.3 is 5.32 Å². The molecule has 2 nitrogen and oxygen atoms in total. The number of aromatic nitrogens is 1. The number of nitrogens with one attached hydrogen (secondary N) is 1. The normalized spacial score (nSPS) is 15.8. The molecule has 1 aromatic heterocycles. The van der Waals surface area contributed by atoms with Crippen molar-refractivity contribution >= 4 is 11.3 Å². The van der Waals surface area contributed by atoms with Crippen LogP contribution in [0.5, 0.6) is 0 Å². The number of rotatable bonds is 5. The SMILES string of the molecule is CCNCc1nc(C2CCCC2)sc1-c1ccccc1. The second kappa shape index (κ2) is 6.51. The largest absolute Gasteiger partial charge is 0.311 e. The molecule has 20 heavy (non-hydrogen) atoms. The molecule has 0 radical (unpaired) electrons. The Kier molecular flexibility index (Phi) is 4.48. The summed E-state index contributed by atoms with van der Waals surface area (Å²) in [6.45, 7) is 4.01. The summed E-state index contributed by atoms with van der Waals surface area (Å²) >= 11 is 1.91. The van der Waals surface area contributed by atoms with Crippen molar-refractivity contribution in [3.63, 3.8) is 0 Å². The highest BCUT2D eigenvalue weighted by molar-refractivity contribution is 7.15. The lowest BCUT2D eigenvalue weighted by molar-refractivity contribution is 0.688. The van der Waals surface area contributed by atoms with Crippen molar-refractivity contribution in [1.82, 2.24) is 10.3 Å². The van der Waals surface area contributed by atoms with Crippen molar-refractivity contribution in [2.45, 2.75) is 45.1 Å². The Morgan fingerprint density at radius 3 is 2.65 bits per heavy atom. The van der Waals surface area contributed by atoms with Gasteiger partial charge in [0, 0.05) is 12.5 Å². The maximum atomic E-state index is 4.96.